The van der Waals surface area contributed by atoms with Gasteiger partial charge in [0.1, 0.15) is 11.7 Å². The zero-order valence-corrected chi connectivity index (χ0v) is 14.7. The van der Waals surface area contributed by atoms with Crippen LogP contribution >= 0.6 is 0 Å². The van der Waals surface area contributed by atoms with Gasteiger partial charge in [0, 0.05) is 18.2 Å². The van der Waals surface area contributed by atoms with E-state index in [4.69, 9.17) is 12.6 Å². The van der Waals surface area contributed by atoms with Gasteiger partial charge in [-0.3, -0.25) is 9.78 Å². The van der Waals surface area contributed by atoms with Crippen molar-refractivity contribution in [2.45, 2.75) is 39.7 Å². The van der Waals surface area contributed by atoms with Crippen LogP contribution in [0.15, 0.2) is 24.4 Å². The van der Waals surface area contributed by atoms with Gasteiger partial charge in [0.15, 0.2) is 13.6 Å². The van der Waals surface area contributed by atoms with Crippen LogP contribution in [0, 0.1) is 5.41 Å². The summed E-state index contributed by atoms with van der Waals surface area (Å²) >= 11 is 0. The van der Waals surface area contributed by atoms with E-state index in [-0.39, 0.29) is 11.7 Å². The number of amides is 1. The van der Waals surface area contributed by atoms with Gasteiger partial charge in [-0.15, -0.1) is 0 Å². The number of pyridine rings is 1. The van der Waals surface area contributed by atoms with E-state index in [1.807, 2.05) is 20.8 Å². The number of rotatable bonds is 4. The van der Waals surface area contributed by atoms with Gasteiger partial charge in [-0.2, -0.15) is 0 Å². The van der Waals surface area contributed by atoms with Gasteiger partial charge >= 0.3 is 5.97 Å². The van der Waals surface area contributed by atoms with Gasteiger partial charge in [-0.25, -0.2) is 4.79 Å². The Bertz CT molecular complexity index is 709. The maximum absolute atomic E-state index is 12.6. The third-order valence-electron chi connectivity index (χ3n) is 3.84. The molecule has 0 bridgehead atoms. The largest absolute Gasteiger partial charge is 0.423 e. The van der Waals surface area contributed by atoms with Crippen molar-refractivity contribution in [1.82, 2.24) is 9.88 Å². The van der Waals surface area contributed by atoms with E-state index in [0.29, 0.717) is 18.7 Å². The van der Waals surface area contributed by atoms with Crippen LogP contribution in [0.1, 0.15) is 39.3 Å². The minimum Gasteiger partial charge on any atom is -0.423 e. The molecule has 0 spiro atoms. The monoisotopic (exact) mass is 340 g/mol. The Labute approximate surface area is 148 Å². The molecule has 6 nitrogen and oxygen atoms in total. The predicted molar refractivity (Wildman–Crippen MR) is 93.9 cm³/mol. The van der Waals surface area contributed by atoms with Crippen LogP contribution in [0.2, 0.25) is 0 Å². The van der Waals surface area contributed by atoms with Crippen LogP contribution in [0.4, 0.5) is 0 Å². The van der Waals surface area contributed by atoms with Crippen LogP contribution in [-0.4, -0.2) is 47.9 Å². The molecule has 1 aromatic rings. The van der Waals surface area contributed by atoms with E-state index in [0.717, 1.165) is 12.5 Å². The van der Waals surface area contributed by atoms with Crippen molar-refractivity contribution in [3.63, 3.8) is 0 Å². The Morgan fingerprint density at radius 3 is 2.72 bits per heavy atom. The standard InChI is InChI=1S/C18H21BN2O4/c1-18(2,3)17(24)21-11-5-6-13(21)16(23)25-14-7-4-10-20-12(14)8-9-15(19)22/h4,7-10,13H,5-6,11H2,1-3H3/b9-8+. The number of allylic oxidation sites excluding steroid dienone is 1. The molecule has 0 aromatic carbocycles. The van der Waals surface area contributed by atoms with Crippen molar-refractivity contribution in [3.05, 3.63) is 30.1 Å². The second-order valence-electron chi connectivity index (χ2n) is 6.95. The molecule has 1 unspecified atom stereocenters. The van der Waals surface area contributed by atoms with Gasteiger partial charge in [0.2, 0.25) is 5.91 Å². The quantitative estimate of drug-likeness (QED) is 0.474. The molecule has 1 aliphatic heterocycles. The predicted octanol–water partition coefficient (Wildman–Crippen LogP) is 1.73. The molecule has 0 aliphatic carbocycles. The molecule has 130 valence electrons. The summed E-state index contributed by atoms with van der Waals surface area (Å²) < 4.78 is 5.46. The van der Waals surface area contributed by atoms with E-state index < -0.39 is 23.1 Å². The van der Waals surface area contributed by atoms with Gasteiger partial charge in [0.25, 0.3) is 0 Å². The van der Waals surface area contributed by atoms with Crippen molar-refractivity contribution >= 4 is 31.5 Å². The van der Waals surface area contributed by atoms with Gasteiger partial charge < -0.3 is 14.4 Å². The first-order valence-electron chi connectivity index (χ1n) is 8.15. The fourth-order valence-electron chi connectivity index (χ4n) is 2.64. The highest BCUT2D eigenvalue weighted by atomic mass is 16.5. The first-order chi connectivity index (χ1) is 11.7. The molecule has 1 aromatic heterocycles. The lowest BCUT2D eigenvalue weighted by atomic mass is 9.94. The molecule has 2 rings (SSSR count). The molecule has 1 fully saturated rings. The number of carbonyl (C=O) groups is 3. The van der Waals surface area contributed by atoms with Crippen LogP contribution in [0.3, 0.4) is 0 Å². The Kier molecular flexibility index (Phi) is 5.77. The average Bonchev–Trinajstić information content (AvgIpc) is 3.01. The first kappa shape index (κ1) is 18.9. The molecule has 25 heavy (non-hydrogen) atoms. The normalized spacial score (nSPS) is 17.7. The molecule has 1 saturated heterocycles. The highest BCUT2D eigenvalue weighted by Crippen LogP contribution is 2.27. The summed E-state index contributed by atoms with van der Waals surface area (Å²) in [4.78, 5) is 41.6. The number of hydrogen-bond donors (Lipinski definition) is 0. The molecule has 1 amide bonds. The number of carbonyl (C=O) groups excluding carboxylic acids is 3. The maximum Gasteiger partial charge on any atom is 0.334 e. The van der Waals surface area contributed by atoms with Crippen LogP contribution in [0.5, 0.6) is 5.75 Å². The zero-order valence-electron chi connectivity index (χ0n) is 14.7. The number of hydrogen-bond acceptors (Lipinski definition) is 5. The summed E-state index contributed by atoms with van der Waals surface area (Å²) in [5.74, 6) is -0.358. The maximum atomic E-state index is 12.6. The van der Waals surface area contributed by atoms with Crippen LogP contribution < -0.4 is 4.74 Å². The number of ether oxygens (including phenoxy) is 1. The number of nitrogens with zero attached hydrogens (tertiary/aromatic N) is 2. The van der Waals surface area contributed by atoms with Gasteiger partial charge in [0.05, 0.1) is 5.68 Å². The van der Waals surface area contributed by atoms with E-state index in [2.05, 4.69) is 4.98 Å². The highest BCUT2D eigenvalue weighted by molar-refractivity contribution is 6.61. The topological polar surface area (TPSA) is 76.6 Å². The minimum atomic E-state index is -0.624. The molecule has 1 atom stereocenters. The fraction of sp³-hybridized carbons (Fsp3) is 0.444. The smallest absolute Gasteiger partial charge is 0.334 e. The van der Waals surface area contributed by atoms with Crippen molar-refractivity contribution in [2.24, 2.45) is 5.41 Å². The lowest BCUT2D eigenvalue weighted by Gasteiger charge is -2.29. The van der Waals surface area contributed by atoms with Gasteiger partial charge in [-0.1, -0.05) is 20.8 Å². The second kappa shape index (κ2) is 7.63. The van der Waals surface area contributed by atoms with Crippen LogP contribution in [-0.2, 0) is 14.4 Å². The summed E-state index contributed by atoms with van der Waals surface area (Å²) in [6, 6.07) is 2.59. The molecule has 0 saturated carbocycles. The van der Waals surface area contributed by atoms with Crippen molar-refractivity contribution in [2.75, 3.05) is 6.54 Å². The zero-order chi connectivity index (χ0) is 18.6. The van der Waals surface area contributed by atoms with Crippen molar-refractivity contribution in [1.29, 1.82) is 0 Å². The van der Waals surface area contributed by atoms with E-state index in [9.17, 15) is 14.4 Å². The SMILES string of the molecule is [B]C(=O)/C=C/c1ncccc1OC(=O)C1CCCN1C(=O)C(C)(C)C. The Hall–Kier alpha value is -2.44. The summed E-state index contributed by atoms with van der Waals surface area (Å²) in [6.45, 7) is 6.01. The Morgan fingerprint density at radius 2 is 2.08 bits per heavy atom. The van der Waals surface area contributed by atoms with E-state index >= 15 is 0 Å². The number of esters is 1. The molecular weight excluding hydrogens is 319 g/mol. The fourth-order valence-corrected chi connectivity index (χ4v) is 2.64. The Morgan fingerprint density at radius 1 is 1.36 bits per heavy atom. The summed E-state index contributed by atoms with van der Waals surface area (Å²) in [5.41, 5.74) is -0.867. The second-order valence-corrected chi connectivity index (χ2v) is 6.95. The highest BCUT2D eigenvalue weighted by Gasteiger charge is 2.39. The molecule has 2 heterocycles. The number of aromatic nitrogens is 1. The van der Waals surface area contributed by atoms with Crippen molar-refractivity contribution < 1.29 is 19.1 Å². The average molecular weight is 340 g/mol. The van der Waals surface area contributed by atoms with Crippen molar-refractivity contribution in [3.8, 4) is 5.75 Å². The van der Waals surface area contributed by atoms with E-state index in [1.54, 1.807) is 17.0 Å². The molecule has 1 aliphatic rings. The third kappa shape index (κ3) is 4.78. The summed E-state index contributed by atoms with van der Waals surface area (Å²) in [5, 5.41) is 0. The molecule has 2 radical (unpaired) electrons. The molecule has 7 heteroatoms. The third-order valence-corrected chi connectivity index (χ3v) is 3.84. The first-order valence-corrected chi connectivity index (χ1v) is 8.15. The Balaban J connectivity index is 2.17. The number of likely N-dealkylation sites (tertiary alicyclic amines) is 1. The lowest BCUT2D eigenvalue weighted by Crippen LogP contribution is -2.47. The lowest BCUT2D eigenvalue weighted by molar-refractivity contribution is -0.150. The molecular formula is C18H21BN2O4. The minimum absolute atomic E-state index is 0.0769. The molecule has 0 N–H and O–H groups in total. The summed E-state index contributed by atoms with van der Waals surface area (Å²) in [6.07, 6.45) is 5.36. The van der Waals surface area contributed by atoms with Crippen LogP contribution in [0.25, 0.3) is 6.08 Å². The van der Waals surface area contributed by atoms with E-state index in [1.165, 1.54) is 12.3 Å². The summed E-state index contributed by atoms with van der Waals surface area (Å²) in [7, 11) is 5.08. The van der Waals surface area contributed by atoms with Gasteiger partial charge in [-0.05, 0) is 37.1 Å².